The Morgan fingerprint density at radius 1 is 1.20 bits per heavy atom. The Morgan fingerprint density at radius 2 is 2.00 bits per heavy atom. The molecule has 6 nitrogen and oxygen atoms in total. The first-order valence-electron chi connectivity index (χ1n) is 10.5. The van der Waals surface area contributed by atoms with Crippen molar-refractivity contribution in [3.8, 4) is 5.75 Å². The third-order valence-electron chi connectivity index (χ3n) is 5.71. The molecule has 1 aromatic heterocycles. The SMILES string of the molecule is CN=C(NCc1ccc(OC)c(NC(C)=O)c1)NCC1(c2cccs2)CCCCC1. The van der Waals surface area contributed by atoms with E-state index in [-0.39, 0.29) is 11.3 Å². The Balaban J connectivity index is 1.63. The maximum absolute atomic E-state index is 11.5. The first-order valence-corrected chi connectivity index (χ1v) is 11.4. The molecule has 3 rings (SSSR count). The van der Waals surface area contributed by atoms with E-state index in [9.17, 15) is 4.79 Å². The fourth-order valence-electron chi connectivity index (χ4n) is 4.13. The summed E-state index contributed by atoms with van der Waals surface area (Å²) in [7, 11) is 3.39. The van der Waals surface area contributed by atoms with Gasteiger partial charge >= 0.3 is 0 Å². The van der Waals surface area contributed by atoms with Gasteiger partial charge in [-0.3, -0.25) is 9.79 Å². The number of rotatable bonds is 7. The van der Waals surface area contributed by atoms with E-state index in [1.54, 1.807) is 14.2 Å². The zero-order valence-corrected chi connectivity index (χ0v) is 18.9. The number of carbonyl (C=O) groups excluding carboxylic acids is 1. The van der Waals surface area contributed by atoms with Crippen molar-refractivity contribution in [2.75, 3.05) is 26.0 Å². The van der Waals surface area contributed by atoms with E-state index in [2.05, 4.69) is 38.5 Å². The average Bonchev–Trinajstić information content (AvgIpc) is 3.30. The fourth-order valence-corrected chi connectivity index (χ4v) is 5.12. The molecule has 0 aliphatic heterocycles. The van der Waals surface area contributed by atoms with Crippen LogP contribution in [0.15, 0.2) is 40.7 Å². The Morgan fingerprint density at radius 3 is 2.63 bits per heavy atom. The number of hydrogen-bond acceptors (Lipinski definition) is 4. The van der Waals surface area contributed by atoms with Crippen molar-refractivity contribution in [1.29, 1.82) is 0 Å². The number of nitrogens with one attached hydrogen (secondary N) is 3. The highest BCUT2D eigenvalue weighted by molar-refractivity contribution is 7.10. The van der Waals surface area contributed by atoms with Gasteiger partial charge in [0, 0.05) is 37.4 Å². The van der Waals surface area contributed by atoms with Crippen LogP contribution in [0.2, 0.25) is 0 Å². The third-order valence-corrected chi connectivity index (χ3v) is 6.82. The van der Waals surface area contributed by atoms with Crippen LogP contribution in [0.5, 0.6) is 5.75 Å². The molecule has 1 fully saturated rings. The predicted molar refractivity (Wildman–Crippen MR) is 125 cm³/mol. The van der Waals surface area contributed by atoms with Crippen molar-refractivity contribution in [3.63, 3.8) is 0 Å². The molecule has 0 radical (unpaired) electrons. The van der Waals surface area contributed by atoms with Gasteiger partial charge in [0.05, 0.1) is 12.8 Å². The van der Waals surface area contributed by atoms with Gasteiger partial charge < -0.3 is 20.7 Å². The molecule has 162 valence electrons. The normalized spacial score (nSPS) is 16.0. The summed E-state index contributed by atoms with van der Waals surface area (Å²) >= 11 is 1.86. The van der Waals surface area contributed by atoms with Gasteiger partial charge in [0.1, 0.15) is 5.75 Å². The highest BCUT2D eigenvalue weighted by Gasteiger charge is 2.34. The molecule has 1 heterocycles. The number of thiophene rings is 1. The average molecular weight is 429 g/mol. The molecule has 1 aliphatic carbocycles. The number of guanidine groups is 1. The van der Waals surface area contributed by atoms with Crippen LogP contribution in [0, 0.1) is 0 Å². The maximum Gasteiger partial charge on any atom is 0.221 e. The lowest BCUT2D eigenvalue weighted by Gasteiger charge is -2.37. The number of hydrogen-bond donors (Lipinski definition) is 3. The van der Waals surface area contributed by atoms with E-state index < -0.39 is 0 Å². The number of methoxy groups -OCH3 is 1. The highest BCUT2D eigenvalue weighted by Crippen LogP contribution is 2.41. The van der Waals surface area contributed by atoms with Crippen LogP contribution in [0.3, 0.4) is 0 Å². The van der Waals surface area contributed by atoms with Gasteiger partial charge in [-0.2, -0.15) is 0 Å². The monoisotopic (exact) mass is 428 g/mol. The number of benzene rings is 1. The van der Waals surface area contributed by atoms with Crippen molar-refractivity contribution in [1.82, 2.24) is 10.6 Å². The first-order chi connectivity index (χ1) is 14.6. The molecule has 3 N–H and O–H groups in total. The molecule has 0 saturated heterocycles. The summed E-state index contributed by atoms with van der Waals surface area (Å²) in [6.45, 7) is 2.97. The summed E-state index contributed by atoms with van der Waals surface area (Å²) < 4.78 is 5.33. The highest BCUT2D eigenvalue weighted by atomic mass is 32.1. The molecule has 2 aromatic rings. The zero-order valence-electron chi connectivity index (χ0n) is 18.1. The number of carbonyl (C=O) groups is 1. The second kappa shape index (κ2) is 10.5. The molecule has 1 saturated carbocycles. The number of anilines is 1. The van der Waals surface area contributed by atoms with Crippen LogP contribution in [-0.4, -0.2) is 32.6 Å². The van der Waals surface area contributed by atoms with Crippen LogP contribution >= 0.6 is 11.3 Å². The molecular weight excluding hydrogens is 396 g/mol. The Labute approximate surface area is 183 Å². The maximum atomic E-state index is 11.5. The molecule has 1 aliphatic rings. The Hall–Kier alpha value is -2.54. The lowest BCUT2D eigenvalue weighted by molar-refractivity contribution is -0.114. The standard InChI is InChI=1S/C23H32N4O2S/c1-17(28)27-19-14-18(9-10-20(19)29-3)15-25-22(24-2)26-16-23(11-5-4-6-12-23)21-8-7-13-30-21/h7-10,13-14H,4-6,11-12,15-16H2,1-3H3,(H,27,28)(H2,24,25,26). The van der Waals surface area contributed by atoms with E-state index in [0.717, 1.165) is 18.1 Å². The van der Waals surface area contributed by atoms with E-state index in [4.69, 9.17) is 4.74 Å². The van der Waals surface area contributed by atoms with Crippen LogP contribution in [0.1, 0.15) is 49.5 Å². The van der Waals surface area contributed by atoms with Gasteiger partial charge in [0.15, 0.2) is 5.96 Å². The molecule has 30 heavy (non-hydrogen) atoms. The zero-order chi connectivity index (χ0) is 21.4. The van der Waals surface area contributed by atoms with Gasteiger partial charge in [-0.15, -0.1) is 11.3 Å². The Bertz CT molecular complexity index is 858. The van der Waals surface area contributed by atoms with Crippen molar-refractivity contribution in [3.05, 3.63) is 46.2 Å². The summed E-state index contributed by atoms with van der Waals surface area (Å²) in [5, 5.41) is 11.9. The number of aliphatic imine (C=N–C) groups is 1. The number of ether oxygens (including phenoxy) is 1. The topological polar surface area (TPSA) is 74.8 Å². The van der Waals surface area contributed by atoms with Gasteiger partial charge in [0.25, 0.3) is 0 Å². The van der Waals surface area contributed by atoms with Gasteiger partial charge in [-0.1, -0.05) is 31.4 Å². The van der Waals surface area contributed by atoms with Gasteiger partial charge in [-0.25, -0.2) is 0 Å². The second-order valence-electron chi connectivity index (χ2n) is 7.81. The number of amides is 1. The minimum absolute atomic E-state index is 0.123. The van der Waals surface area contributed by atoms with Crippen molar-refractivity contribution < 1.29 is 9.53 Å². The summed E-state index contributed by atoms with van der Waals surface area (Å²) in [5.41, 5.74) is 1.90. The largest absolute Gasteiger partial charge is 0.495 e. The molecule has 0 unspecified atom stereocenters. The molecule has 1 amide bonds. The first kappa shape index (κ1) is 22.2. The van der Waals surface area contributed by atoms with Crippen molar-refractivity contribution >= 4 is 28.9 Å². The quantitative estimate of drug-likeness (QED) is 0.454. The van der Waals surface area contributed by atoms with Crippen molar-refractivity contribution in [2.45, 2.75) is 51.0 Å². The molecule has 0 atom stereocenters. The van der Waals surface area contributed by atoms with Crippen molar-refractivity contribution in [2.24, 2.45) is 4.99 Å². The lowest BCUT2D eigenvalue weighted by atomic mass is 9.73. The van der Waals surface area contributed by atoms with E-state index in [0.29, 0.717) is 18.0 Å². The van der Waals surface area contributed by atoms with Crippen LogP contribution < -0.4 is 20.7 Å². The minimum Gasteiger partial charge on any atom is -0.495 e. The summed E-state index contributed by atoms with van der Waals surface area (Å²) in [6, 6.07) is 10.2. The minimum atomic E-state index is -0.123. The smallest absolute Gasteiger partial charge is 0.221 e. The third kappa shape index (κ3) is 5.53. The van der Waals surface area contributed by atoms with Crippen LogP contribution in [0.25, 0.3) is 0 Å². The fraction of sp³-hybridized carbons (Fsp3) is 0.478. The van der Waals surface area contributed by atoms with Gasteiger partial charge in [-0.05, 0) is 42.0 Å². The van der Waals surface area contributed by atoms with E-state index in [1.807, 2.05) is 29.5 Å². The summed E-state index contributed by atoms with van der Waals surface area (Å²) in [4.78, 5) is 17.3. The summed E-state index contributed by atoms with van der Waals surface area (Å²) in [5.74, 6) is 1.31. The van der Waals surface area contributed by atoms with E-state index >= 15 is 0 Å². The van der Waals surface area contributed by atoms with E-state index in [1.165, 1.54) is 43.9 Å². The molecule has 0 bridgehead atoms. The van der Waals surface area contributed by atoms with Crippen LogP contribution in [0.4, 0.5) is 5.69 Å². The number of nitrogens with zero attached hydrogens (tertiary/aromatic N) is 1. The molecule has 0 spiro atoms. The second-order valence-corrected chi connectivity index (χ2v) is 8.76. The van der Waals surface area contributed by atoms with Crippen LogP contribution in [-0.2, 0) is 16.8 Å². The molecule has 7 heteroatoms. The Kier molecular flexibility index (Phi) is 7.74. The molecular formula is C23H32N4O2S. The van der Waals surface area contributed by atoms with Gasteiger partial charge in [0.2, 0.25) is 5.91 Å². The molecule has 1 aromatic carbocycles. The predicted octanol–water partition coefficient (Wildman–Crippen LogP) is 4.28. The summed E-state index contributed by atoms with van der Waals surface area (Å²) in [6.07, 6.45) is 6.33. The lowest BCUT2D eigenvalue weighted by Crippen LogP contribution is -2.46.